The summed E-state index contributed by atoms with van der Waals surface area (Å²) < 4.78 is 33.1. The van der Waals surface area contributed by atoms with Crippen molar-refractivity contribution in [3.05, 3.63) is 16.7 Å². The fourth-order valence-corrected chi connectivity index (χ4v) is 4.28. The molecular weight excluding hydrogens is 476 g/mol. The predicted molar refractivity (Wildman–Crippen MR) is 103 cm³/mol. The zero-order valence-corrected chi connectivity index (χ0v) is 18.0. The standard InChI is InChI=1S/C14H21N5O11P2/c20-4-6-9(21)10(22)13(30-6)19-5-15-8-11(19)17-14(18-12(8)23)16-7(32(26,27)28)2-1-3-29-31(24)25/h5-7,9-10,13,20-22H,1-4H2,(H2,26,27,28)(H2,16,17,18,23)/t6-,7?,9-,10-,13-/m1/s1. The number of imidazole rings is 1. The molecule has 2 aromatic rings. The van der Waals surface area contributed by atoms with E-state index in [2.05, 4.69) is 24.8 Å². The Morgan fingerprint density at radius 1 is 1.41 bits per heavy atom. The second-order valence-corrected chi connectivity index (χ2v) is 9.42. The van der Waals surface area contributed by atoms with Crippen LogP contribution in [0.3, 0.4) is 0 Å². The average molecular weight is 497 g/mol. The van der Waals surface area contributed by atoms with Crippen molar-refractivity contribution in [1.82, 2.24) is 19.5 Å². The van der Waals surface area contributed by atoms with Gasteiger partial charge in [0.2, 0.25) is 5.95 Å². The Bertz CT molecular complexity index is 1070. The fraction of sp³-hybridized carbons (Fsp3) is 0.643. The number of nitrogens with one attached hydrogen (secondary N) is 2. The lowest BCUT2D eigenvalue weighted by Crippen LogP contribution is -2.33. The Kier molecular flexibility index (Phi) is 7.73. The molecular formula is C14H21N5O11P2. The topological polar surface area (TPSA) is 252 Å². The van der Waals surface area contributed by atoms with Gasteiger partial charge in [-0.2, -0.15) is 4.98 Å². The van der Waals surface area contributed by atoms with Gasteiger partial charge in [-0.15, -0.1) is 4.52 Å². The molecule has 7 N–H and O–H groups in total. The van der Waals surface area contributed by atoms with Crippen molar-refractivity contribution in [3.8, 4) is 0 Å². The van der Waals surface area contributed by atoms with Gasteiger partial charge < -0.3 is 40.1 Å². The van der Waals surface area contributed by atoms with Gasteiger partial charge in [0.15, 0.2) is 17.4 Å². The lowest BCUT2D eigenvalue weighted by atomic mass is 10.1. The van der Waals surface area contributed by atoms with Crippen LogP contribution >= 0.6 is 15.9 Å². The molecule has 1 fully saturated rings. The van der Waals surface area contributed by atoms with Crippen LogP contribution in [0.1, 0.15) is 19.1 Å². The number of fused-ring (bicyclic) bond motifs is 1. The molecule has 3 heterocycles. The quantitative estimate of drug-likeness (QED) is 0.132. The second kappa shape index (κ2) is 9.97. The Morgan fingerprint density at radius 3 is 2.72 bits per heavy atom. The number of anilines is 1. The summed E-state index contributed by atoms with van der Waals surface area (Å²) in [6, 6.07) is 0. The van der Waals surface area contributed by atoms with E-state index in [0.29, 0.717) is 0 Å². The molecule has 0 spiro atoms. The number of aliphatic hydroxyl groups excluding tert-OH is 3. The maximum atomic E-state index is 12.4. The third-order valence-corrected chi connectivity index (χ3v) is 6.34. The van der Waals surface area contributed by atoms with Crippen LogP contribution in [-0.2, 0) is 18.4 Å². The molecule has 1 aliphatic heterocycles. The van der Waals surface area contributed by atoms with Crippen molar-refractivity contribution in [2.75, 3.05) is 18.5 Å². The number of hydrogen-bond acceptors (Lipinski definition) is 12. The van der Waals surface area contributed by atoms with E-state index in [4.69, 9.17) is 4.74 Å². The number of rotatable bonds is 10. The van der Waals surface area contributed by atoms with Crippen LogP contribution in [0.2, 0.25) is 0 Å². The van der Waals surface area contributed by atoms with Gasteiger partial charge in [-0.3, -0.25) is 18.9 Å². The Hall–Kier alpha value is -1.84. The van der Waals surface area contributed by atoms with Gasteiger partial charge in [-0.05, 0) is 17.4 Å². The molecule has 178 valence electrons. The number of aromatic amines is 1. The first kappa shape index (κ1) is 24.8. The second-order valence-electron chi connectivity index (χ2n) is 6.92. The number of ether oxygens (including phenoxy) is 1. The SMILES string of the molecule is O=c1[nH]c(NC(CCCO[P+](=O)[O-])P(=O)(O)O)nc2c1ncn2[C@@H]1O[C@H](CO)[C@@H](O)[C@H]1O. The maximum absolute atomic E-state index is 12.4. The highest BCUT2D eigenvalue weighted by Gasteiger charge is 2.44. The number of nitrogens with zero attached hydrogens (tertiary/aromatic N) is 3. The molecule has 0 bridgehead atoms. The number of aromatic nitrogens is 4. The summed E-state index contributed by atoms with van der Waals surface area (Å²) in [5.41, 5.74) is -1.06. The summed E-state index contributed by atoms with van der Waals surface area (Å²) in [7, 11) is -7.85. The molecule has 0 aromatic carbocycles. The molecule has 1 saturated heterocycles. The van der Waals surface area contributed by atoms with Crippen LogP contribution in [0.25, 0.3) is 11.2 Å². The maximum Gasteiger partial charge on any atom is 0.488 e. The van der Waals surface area contributed by atoms with Crippen molar-refractivity contribution in [2.45, 2.75) is 43.2 Å². The molecule has 0 radical (unpaired) electrons. The summed E-state index contributed by atoms with van der Waals surface area (Å²) >= 11 is 0. The van der Waals surface area contributed by atoms with E-state index in [1.165, 1.54) is 0 Å². The average Bonchev–Trinajstić information content (AvgIpc) is 3.25. The summed E-state index contributed by atoms with van der Waals surface area (Å²) in [6.07, 6.45) is -4.33. The molecule has 18 heteroatoms. The van der Waals surface area contributed by atoms with Crippen LogP contribution < -0.4 is 15.8 Å². The lowest BCUT2D eigenvalue weighted by Gasteiger charge is -2.20. The third kappa shape index (κ3) is 5.38. The number of aliphatic hydroxyl groups is 3. The van der Waals surface area contributed by atoms with Gasteiger partial charge in [0.25, 0.3) is 5.56 Å². The van der Waals surface area contributed by atoms with Gasteiger partial charge in [0.05, 0.1) is 12.9 Å². The molecule has 16 nitrogen and oxygen atoms in total. The summed E-state index contributed by atoms with van der Waals surface area (Å²) in [5.74, 6) is -1.86. The van der Waals surface area contributed by atoms with E-state index in [-0.39, 0.29) is 36.6 Å². The highest BCUT2D eigenvalue weighted by Crippen LogP contribution is 2.43. The fourth-order valence-electron chi connectivity index (χ4n) is 3.19. The molecule has 6 atom stereocenters. The van der Waals surface area contributed by atoms with Gasteiger partial charge in [0, 0.05) is 0 Å². The van der Waals surface area contributed by atoms with E-state index >= 15 is 0 Å². The lowest BCUT2D eigenvalue weighted by molar-refractivity contribution is -0.185. The highest BCUT2D eigenvalue weighted by atomic mass is 31.2. The van der Waals surface area contributed by atoms with Gasteiger partial charge in [-0.25, -0.2) is 4.98 Å². The van der Waals surface area contributed by atoms with Gasteiger partial charge >= 0.3 is 15.9 Å². The van der Waals surface area contributed by atoms with Crippen molar-refractivity contribution >= 4 is 33.0 Å². The van der Waals surface area contributed by atoms with Crippen LogP contribution in [0.4, 0.5) is 5.95 Å². The molecule has 0 amide bonds. The van der Waals surface area contributed by atoms with Crippen molar-refractivity contribution in [3.63, 3.8) is 0 Å². The Balaban J connectivity index is 1.87. The van der Waals surface area contributed by atoms with Crippen LogP contribution in [0, 0.1) is 0 Å². The largest absolute Gasteiger partial charge is 0.566 e. The molecule has 0 aliphatic carbocycles. The summed E-state index contributed by atoms with van der Waals surface area (Å²) in [5, 5.41) is 31.8. The van der Waals surface area contributed by atoms with Crippen LogP contribution in [-0.4, -0.2) is 81.9 Å². The Morgan fingerprint density at radius 2 is 2.12 bits per heavy atom. The first-order valence-electron chi connectivity index (χ1n) is 9.21. The van der Waals surface area contributed by atoms with Crippen molar-refractivity contribution in [2.24, 2.45) is 0 Å². The molecule has 0 saturated carbocycles. The van der Waals surface area contributed by atoms with E-state index in [1.54, 1.807) is 0 Å². The molecule has 1 aliphatic rings. The molecule has 2 aromatic heterocycles. The minimum atomic E-state index is -4.76. The van der Waals surface area contributed by atoms with E-state index in [9.17, 15) is 43.9 Å². The van der Waals surface area contributed by atoms with Crippen LogP contribution in [0.15, 0.2) is 11.1 Å². The van der Waals surface area contributed by atoms with Gasteiger partial charge in [-0.1, -0.05) is 0 Å². The Labute approximate surface area is 180 Å². The van der Waals surface area contributed by atoms with E-state index < -0.39 is 58.3 Å². The molecule has 2 unspecified atom stereocenters. The highest BCUT2D eigenvalue weighted by molar-refractivity contribution is 7.52. The third-order valence-electron chi connectivity index (χ3n) is 4.75. The monoisotopic (exact) mass is 497 g/mol. The normalized spacial score (nSPS) is 25.2. The molecule has 3 rings (SSSR count). The number of hydrogen-bond donors (Lipinski definition) is 7. The predicted octanol–water partition coefficient (Wildman–Crippen LogP) is -2.54. The zero-order chi connectivity index (χ0) is 23.6. The zero-order valence-electron chi connectivity index (χ0n) is 16.2. The van der Waals surface area contributed by atoms with E-state index in [1.807, 2.05) is 0 Å². The smallest absolute Gasteiger partial charge is 0.488 e. The number of H-pyrrole nitrogens is 1. The minimum absolute atomic E-state index is 0.0287. The first-order valence-corrected chi connectivity index (χ1v) is 12.0. The van der Waals surface area contributed by atoms with E-state index in [0.717, 1.165) is 10.9 Å². The van der Waals surface area contributed by atoms with Crippen LogP contribution in [0.5, 0.6) is 0 Å². The molecule has 32 heavy (non-hydrogen) atoms. The van der Waals surface area contributed by atoms with Crippen molar-refractivity contribution in [1.29, 1.82) is 0 Å². The first-order chi connectivity index (χ1) is 15.0. The minimum Gasteiger partial charge on any atom is -0.566 e. The summed E-state index contributed by atoms with van der Waals surface area (Å²) in [4.78, 5) is 52.2. The summed E-state index contributed by atoms with van der Waals surface area (Å²) in [6.45, 7) is -0.867. The van der Waals surface area contributed by atoms with Crippen molar-refractivity contribution < 1.29 is 48.4 Å². The van der Waals surface area contributed by atoms with Gasteiger partial charge in [0.1, 0.15) is 30.7 Å².